The van der Waals surface area contributed by atoms with Gasteiger partial charge < -0.3 is 14.8 Å². The first-order chi connectivity index (χ1) is 9.48. The van der Waals surface area contributed by atoms with E-state index in [1.54, 1.807) is 7.05 Å². The van der Waals surface area contributed by atoms with Crippen LogP contribution in [0.4, 0.5) is 13.2 Å². The van der Waals surface area contributed by atoms with Crippen LogP contribution < -0.4 is 10.1 Å². The maximum atomic E-state index is 12.1. The quantitative estimate of drug-likeness (QED) is 0.837. The Morgan fingerprint density at radius 3 is 2.70 bits per heavy atom. The number of nitrogens with one attached hydrogen (secondary N) is 1. The van der Waals surface area contributed by atoms with Gasteiger partial charge in [0.15, 0.2) is 0 Å². The van der Waals surface area contributed by atoms with E-state index in [4.69, 9.17) is 9.47 Å². The Hall–Kier alpha value is -1.27. The molecule has 3 nitrogen and oxygen atoms in total. The molecule has 0 aliphatic heterocycles. The number of ether oxygens (including phenoxy) is 2. The third-order valence-corrected chi connectivity index (χ3v) is 2.99. The minimum atomic E-state index is -4.30. The Labute approximate surface area is 116 Å². The summed E-state index contributed by atoms with van der Waals surface area (Å²) in [5.74, 6) is 0.751. The summed E-state index contributed by atoms with van der Waals surface area (Å²) in [5, 5.41) is 2.95. The molecule has 1 N–H and O–H groups in total. The molecule has 1 fully saturated rings. The molecule has 1 aliphatic rings. The molecule has 1 aromatic carbocycles. The van der Waals surface area contributed by atoms with E-state index >= 15 is 0 Å². The first-order valence-electron chi connectivity index (χ1n) is 6.56. The Balaban J connectivity index is 1.92. The molecule has 0 bridgehead atoms. The van der Waals surface area contributed by atoms with Crippen molar-refractivity contribution in [1.29, 1.82) is 0 Å². The topological polar surface area (TPSA) is 30.5 Å². The lowest BCUT2D eigenvalue weighted by Gasteiger charge is -2.18. The zero-order valence-electron chi connectivity index (χ0n) is 11.2. The Kier molecular flexibility index (Phi) is 4.88. The first-order valence-corrected chi connectivity index (χ1v) is 6.56. The van der Waals surface area contributed by atoms with Gasteiger partial charge in [0.1, 0.15) is 12.4 Å². The lowest BCUT2D eigenvalue weighted by Crippen LogP contribution is -2.25. The van der Waals surface area contributed by atoms with Crippen LogP contribution in [0.3, 0.4) is 0 Å². The summed E-state index contributed by atoms with van der Waals surface area (Å²) in [4.78, 5) is 0. The molecule has 0 aromatic heterocycles. The zero-order valence-corrected chi connectivity index (χ0v) is 11.2. The van der Waals surface area contributed by atoms with Crippen LogP contribution >= 0.6 is 0 Å². The van der Waals surface area contributed by atoms with E-state index in [1.807, 2.05) is 24.3 Å². The number of hydrogen-bond donors (Lipinski definition) is 1. The summed E-state index contributed by atoms with van der Waals surface area (Å²) >= 11 is 0. The van der Waals surface area contributed by atoms with E-state index < -0.39 is 12.8 Å². The Morgan fingerprint density at radius 1 is 1.35 bits per heavy atom. The van der Waals surface area contributed by atoms with Crippen LogP contribution in [0, 0.1) is 0 Å². The Bertz CT molecular complexity index is 433. The van der Waals surface area contributed by atoms with Gasteiger partial charge in [0.2, 0.25) is 0 Å². The highest BCUT2D eigenvalue weighted by molar-refractivity contribution is 5.31. The number of rotatable bonds is 7. The molecule has 0 heterocycles. The predicted molar refractivity (Wildman–Crippen MR) is 68.8 cm³/mol. The molecule has 112 valence electrons. The summed E-state index contributed by atoms with van der Waals surface area (Å²) in [7, 11) is 1.69. The Morgan fingerprint density at radius 2 is 2.10 bits per heavy atom. The molecule has 1 saturated carbocycles. The van der Waals surface area contributed by atoms with Crippen molar-refractivity contribution in [3.8, 4) is 5.75 Å². The van der Waals surface area contributed by atoms with Crippen LogP contribution in [0.5, 0.6) is 5.75 Å². The van der Waals surface area contributed by atoms with Crippen molar-refractivity contribution in [1.82, 2.24) is 5.32 Å². The number of alkyl halides is 3. The monoisotopic (exact) mass is 289 g/mol. The van der Waals surface area contributed by atoms with E-state index in [0.717, 1.165) is 24.2 Å². The minimum Gasteiger partial charge on any atom is -0.490 e. The molecule has 0 saturated heterocycles. The van der Waals surface area contributed by atoms with Gasteiger partial charge in [-0.25, -0.2) is 0 Å². The van der Waals surface area contributed by atoms with Crippen LogP contribution in [0.1, 0.15) is 24.4 Å². The number of likely N-dealkylation sites (N-methyl/N-ethyl adjacent to an activating group) is 1. The maximum absolute atomic E-state index is 12.1. The van der Waals surface area contributed by atoms with Crippen molar-refractivity contribution >= 4 is 0 Å². The zero-order chi connectivity index (χ0) is 14.6. The van der Waals surface area contributed by atoms with E-state index in [9.17, 15) is 13.2 Å². The van der Waals surface area contributed by atoms with Crippen molar-refractivity contribution in [3.05, 3.63) is 29.8 Å². The van der Waals surface area contributed by atoms with E-state index in [-0.39, 0.29) is 12.6 Å². The summed E-state index contributed by atoms with van der Waals surface area (Å²) in [6.45, 7) is -1.27. The van der Waals surface area contributed by atoms with Crippen molar-refractivity contribution in [2.75, 3.05) is 20.3 Å². The van der Waals surface area contributed by atoms with Crippen LogP contribution in [-0.2, 0) is 4.74 Å². The molecule has 0 radical (unpaired) electrons. The fourth-order valence-electron chi connectivity index (χ4n) is 1.82. The molecule has 0 spiro atoms. The lowest BCUT2D eigenvalue weighted by atomic mass is 10.1. The molecule has 1 atom stereocenters. The van der Waals surface area contributed by atoms with Crippen LogP contribution in [0.2, 0.25) is 0 Å². The molecule has 1 aromatic rings. The molecule has 1 unspecified atom stereocenters. The number of halogens is 3. The van der Waals surface area contributed by atoms with E-state index in [2.05, 4.69) is 5.32 Å². The second-order valence-electron chi connectivity index (χ2n) is 4.86. The molecule has 0 amide bonds. The van der Waals surface area contributed by atoms with Gasteiger partial charge in [-0.3, -0.25) is 0 Å². The predicted octanol–water partition coefficient (Wildman–Crippen LogP) is 3.07. The lowest BCUT2D eigenvalue weighted by molar-refractivity contribution is -0.175. The molecule has 20 heavy (non-hydrogen) atoms. The SMILES string of the molecule is CNC(COCC(F)(F)F)c1cccc(OC2CC2)c1. The third kappa shape index (κ3) is 5.02. The van der Waals surface area contributed by atoms with Crippen molar-refractivity contribution in [2.45, 2.75) is 31.2 Å². The second-order valence-corrected chi connectivity index (χ2v) is 4.86. The summed E-state index contributed by atoms with van der Waals surface area (Å²) < 4.78 is 46.6. The minimum absolute atomic E-state index is 0.0388. The van der Waals surface area contributed by atoms with Crippen molar-refractivity contribution in [2.24, 2.45) is 0 Å². The molecular weight excluding hydrogens is 271 g/mol. The van der Waals surface area contributed by atoms with E-state index in [1.165, 1.54) is 0 Å². The van der Waals surface area contributed by atoms with Gasteiger partial charge in [-0.2, -0.15) is 13.2 Å². The maximum Gasteiger partial charge on any atom is 0.411 e. The first kappa shape index (κ1) is 15.1. The fourth-order valence-corrected chi connectivity index (χ4v) is 1.82. The van der Waals surface area contributed by atoms with Crippen molar-refractivity contribution < 1.29 is 22.6 Å². The van der Waals surface area contributed by atoms with Gasteiger partial charge in [-0.05, 0) is 37.6 Å². The fraction of sp³-hybridized carbons (Fsp3) is 0.571. The molecule has 2 rings (SSSR count). The number of benzene rings is 1. The van der Waals surface area contributed by atoms with Crippen molar-refractivity contribution in [3.63, 3.8) is 0 Å². The summed E-state index contributed by atoms with van der Waals surface area (Å²) in [6, 6.07) is 7.08. The smallest absolute Gasteiger partial charge is 0.411 e. The highest BCUT2D eigenvalue weighted by Crippen LogP contribution is 2.28. The van der Waals surface area contributed by atoms with Gasteiger partial charge in [0.25, 0.3) is 0 Å². The average Bonchev–Trinajstić information content (AvgIpc) is 3.17. The van der Waals surface area contributed by atoms with Crippen LogP contribution in [0.25, 0.3) is 0 Å². The second kappa shape index (κ2) is 6.45. The standard InChI is InChI=1S/C14H18F3NO2/c1-18-13(8-19-9-14(15,16)17)10-3-2-4-12(7-10)20-11-5-6-11/h2-4,7,11,13,18H,5-6,8-9H2,1H3. The number of hydrogen-bond acceptors (Lipinski definition) is 3. The average molecular weight is 289 g/mol. The van der Waals surface area contributed by atoms with E-state index in [0.29, 0.717) is 6.10 Å². The van der Waals surface area contributed by atoms with Gasteiger partial charge in [-0.1, -0.05) is 12.1 Å². The normalized spacial score (nSPS) is 17.0. The molecule has 6 heteroatoms. The summed E-state index contributed by atoms with van der Waals surface area (Å²) in [6.07, 6.45) is -1.88. The van der Waals surface area contributed by atoms with Crippen LogP contribution in [0.15, 0.2) is 24.3 Å². The summed E-state index contributed by atoms with van der Waals surface area (Å²) in [5.41, 5.74) is 0.854. The third-order valence-electron chi connectivity index (χ3n) is 2.99. The van der Waals surface area contributed by atoms with Gasteiger partial charge in [0, 0.05) is 0 Å². The van der Waals surface area contributed by atoms with Gasteiger partial charge in [-0.15, -0.1) is 0 Å². The molecule has 1 aliphatic carbocycles. The molecular formula is C14H18F3NO2. The highest BCUT2D eigenvalue weighted by Gasteiger charge is 2.28. The van der Waals surface area contributed by atoms with Crippen LogP contribution in [-0.4, -0.2) is 32.5 Å². The van der Waals surface area contributed by atoms with Gasteiger partial charge in [0.05, 0.1) is 18.8 Å². The highest BCUT2D eigenvalue weighted by atomic mass is 19.4. The van der Waals surface area contributed by atoms with Gasteiger partial charge >= 0.3 is 6.18 Å². The largest absolute Gasteiger partial charge is 0.490 e.